The van der Waals surface area contributed by atoms with E-state index in [0.29, 0.717) is 32.8 Å². The van der Waals surface area contributed by atoms with Crippen molar-refractivity contribution >= 4 is 16.8 Å². The Kier molecular flexibility index (Phi) is 7.91. The summed E-state index contributed by atoms with van der Waals surface area (Å²) in [6, 6.07) is 10.4. The summed E-state index contributed by atoms with van der Waals surface area (Å²) in [6.45, 7) is 6.23. The van der Waals surface area contributed by atoms with Gasteiger partial charge in [-0.2, -0.15) is 0 Å². The molecule has 1 aliphatic rings. The minimum atomic E-state index is -0.972. The lowest BCUT2D eigenvalue weighted by Gasteiger charge is -2.28. The maximum absolute atomic E-state index is 13.9. The zero-order valence-electron chi connectivity index (χ0n) is 20.9. The Morgan fingerprint density at radius 1 is 1.14 bits per heavy atom. The monoisotopic (exact) mass is 496 g/mol. The molecule has 1 atom stereocenters. The molecule has 1 aromatic carbocycles. The van der Waals surface area contributed by atoms with Gasteiger partial charge < -0.3 is 28.5 Å². The highest BCUT2D eigenvalue weighted by molar-refractivity contribution is 5.81. The third-order valence-electron chi connectivity index (χ3n) is 6.30. The summed E-state index contributed by atoms with van der Waals surface area (Å²) in [5.41, 5.74) is 0.109. The SMILES string of the molecule is COCc1cc(=O)c(O)c(C(CC(=O)N2CCOCC2)c2cc3ccccc3n(CC(C)C)c2=O)o1. The summed E-state index contributed by atoms with van der Waals surface area (Å²) in [4.78, 5) is 41.5. The number of hydrogen-bond donors (Lipinski definition) is 1. The Labute approximate surface area is 208 Å². The quantitative estimate of drug-likeness (QED) is 0.510. The molecule has 1 N–H and O–H groups in total. The smallest absolute Gasteiger partial charge is 0.255 e. The van der Waals surface area contributed by atoms with Crippen LogP contribution in [0.3, 0.4) is 0 Å². The van der Waals surface area contributed by atoms with E-state index >= 15 is 0 Å². The van der Waals surface area contributed by atoms with Gasteiger partial charge in [0.1, 0.15) is 12.4 Å². The number of carbonyl (C=O) groups is 1. The summed E-state index contributed by atoms with van der Waals surface area (Å²) in [5.74, 6) is -1.53. The Morgan fingerprint density at radius 2 is 1.86 bits per heavy atom. The lowest BCUT2D eigenvalue weighted by Crippen LogP contribution is -2.41. The van der Waals surface area contributed by atoms with Crippen LogP contribution in [0.5, 0.6) is 5.75 Å². The fraction of sp³-hybridized carbons (Fsp3) is 0.444. The average molecular weight is 497 g/mol. The van der Waals surface area contributed by atoms with E-state index in [-0.39, 0.29) is 47.5 Å². The van der Waals surface area contributed by atoms with Gasteiger partial charge in [0.05, 0.1) is 24.6 Å². The largest absolute Gasteiger partial charge is 0.502 e. The molecule has 1 amide bonds. The summed E-state index contributed by atoms with van der Waals surface area (Å²) >= 11 is 0. The number of carbonyl (C=O) groups excluding carboxylic acids is 1. The van der Waals surface area contributed by atoms with Crippen molar-refractivity contribution in [2.75, 3.05) is 33.4 Å². The number of pyridine rings is 1. The Balaban J connectivity index is 1.92. The first-order valence-corrected chi connectivity index (χ1v) is 12.1. The zero-order chi connectivity index (χ0) is 25.8. The van der Waals surface area contributed by atoms with Crippen LogP contribution in [0.2, 0.25) is 0 Å². The molecule has 36 heavy (non-hydrogen) atoms. The number of hydrogen-bond acceptors (Lipinski definition) is 7. The van der Waals surface area contributed by atoms with Gasteiger partial charge in [-0.05, 0) is 23.4 Å². The Hall–Kier alpha value is -3.43. The highest BCUT2D eigenvalue weighted by Crippen LogP contribution is 2.33. The van der Waals surface area contributed by atoms with Gasteiger partial charge in [-0.15, -0.1) is 0 Å². The summed E-state index contributed by atoms with van der Waals surface area (Å²) < 4.78 is 18.1. The number of para-hydroxylation sites is 1. The van der Waals surface area contributed by atoms with Crippen LogP contribution in [0.15, 0.2) is 50.4 Å². The number of fused-ring (bicyclic) bond motifs is 1. The second-order valence-electron chi connectivity index (χ2n) is 9.44. The van der Waals surface area contributed by atoms with Crippen LogP contribution in [0.1, 0.15) is 43.3 Å². The molecular formula is C27H32N2O7. The minimum Gasteiger partial charge on any atom is -0.502 e. The first-order valence-electron chi connectivity index (χ1n) is 12.1. The summed E-state index contributed by atoms with van der Waals surface area (Å²) in [7, 11) is 1.46. The van der Waals surface area contributed by atoms with E-state index in [1.54, 1.807) is 15.5 Å². The van der Waals surface area contributed by atoms with E-state index in [0.717, 1.165) is 17.0 Å². The molecular weight excluding hydrogens is 464 g/mol. The van der Waals surface area contributed by atoms with E-state index in [9.17, 15) is 19.5 Å². The lowest BCUT2D eigenvalue weighted by atomic mass is 9.91. The number of methoxy groups -OCH3 is 1. The number of aromatic nitrogens is 1. The second-order valence-corrected chi connectivity index (χ2v) is 9.44. The van der Waals surface area contributed by atoms with Gasteiger partial charge in [0, 0.05) is 44.8 Å². The predicted octanol–water partition coefficient (Wildman–Crippen LogP) is 2.84. The van der Waals surface area contributed by atoms with E-state index in [1.807, 2.05) is 38.1 Å². The van der Waals surface area contributed by atoms with Crippen molar-refractivity contribution in [3.05, 3.63) is 74.1 Å². The van der Waals surface area contributed by atoms with Crippen LogP contribution >= 0.6 is 0 Å². The highest BCUT2D eigenvalue weighted by Gasteiger charge is 2.31. The molecule has 1 saturated heterocycles. The molecule has 192 valence electrons. The molecule has 9 heteroatoms. The molecule has 1 unspecified atom stereocenters. The first kappa shape index (κ1) is 25.7. The second kappa shape index (κ2) is 11.1. The number of ether oxygens (including phenoxy) is 2. The van der Waals surface area contributed by atoms with E-state index in [1.165, 1.54) is 7.11 Å². The molecule has 3 aromatic rings. The van der Waals surface area contributed by atoms with Crippen molar-refractivity contribution in [3.63, 3.8) is 0 Å². The van der Waals surface area contributed by atoms with Crippen LogP contribution in [0, 0.1) is 5.92 Å². The first-order chi connectivity index (χ1) is 17.3. The van der Waals surface area contributed by atoms with E-state index in [2.05, 4.69) is 0 Å². The van der Waals surface area contributed by atoms with Crippen molar-refractivity contribution < 1.29 is 23.8 Å². The van der Waals surface area contributed by atoms with Gasteiger partial charge in [-0.1, -0.05) is 32.0 Å². The summed E-state index contributed by atoms with van der Waals surface area (Å²) in [5, 5.41) is 11.6. The highest BCUT2D eigenvalue weighted by atomic mass is 16.5. The molecule has 0 aliphatic carbocycles. The normalized spacial score (nSPS) is 14.9. The lowest BCUT2D eigenvalue weighted by molar-refractivity contribution is -0.135. The molecule has 1 fully saturated rings. The molecule has 1 aliphatic heterocycles. The maximum Gasteiger partial charge on any atom is 0.255 e. The fourth-order valence-corrected chi connectivity index (χ4v) is 4.61. The average Bonchev–Trinajstić information content (AvgIpc) is 2.87. The fourth-order valence-electron chi connectivity index (χ4n) is 4.61. The van der Waals surface area contributed by atoms with Crippen LogP contribution in [-0.2, 0) is 27.4 Å². The molecule has 0 bridgehead atoms. The molecule has 9 nitrogen and oxygen atoms in total. The Morgan fingerprint density at radius 3 is 2.56 bits per heavy atom. The van der Waals surface area contributed by atoms with Crippen molar-refractivity contribution in [3.8, 4) is 5.75 Å². The van der Waals surface area contributed by atoms with Gasteiger partial charge >= 0.3 is 0 Å². The molecule has 4 rings (SSSR count). The zero-order valence-corrected chi connectivity index (χ0v) is 20.9. The standard InChI is InChI=1S/C27H32N2O7/c1-17(2)15-29-22-7-5-4-6-18(22)12-21(27(29)33)20(14-24(31)28-8-10-35-11-9-28)26-25(32)23(30)13-19(36-26)16-34-3/h4-7,12-13,17,20,32H,8-11,14-16H2,1-3H3. The van der Waals surface area contributed by atoms with E-state index in [4.69, 9.17) is 13.9 Å². The van der Waals surface area contributed by atoms with Crippen LogP contribution in [-0.4, -0.2) is 53.9 Å². The minimum absolute atomic E-state index is 0.00194. The molecule has 0 spiro atoms. The molecule has 0 radical (unpaired) electrons. The van der Waals surface area contributed by atoms with Crippen molar-refractivity contribution in [2.45, 2.75) is 39.3 Å². The maximum atomic E-state index is 13.9. The molecule has 3 heterocycles. The van der Waals surface area contributed by atoms with Gasteiger partial charge in [-0.3, -0.25) is 14.4 Å². The topological polar surface area (TPSA) is 111 Å². The van der Waals surface area contributed by atoms with Crippen LogP contribution < -0.4 is 11.0 Å². The van der Waals surface area contributed by atoms with E-state index < -0.39 is 17.1 Å². The number of rotatable bonds is 8. The van der Waals surface area contributed by atoms with Gasteiger partial charge in [0.15, 0.2) is 5.76 Å². The van der Waals surface area contributed by atoms with Gasteiger partial charge in [0.25, 0.3) is 5.56 Å². The Bertz CT molecular complexity index is 1350. The van der Waals surface area contributed by atoms with Gasteiger partial charge in [0.2, 0.25) is 17.1 Å². The third-order valence-corrected chi connectivity index (χ3v) is 6.30. The van der Waals surface area contributed by atoms with Gasteiger partial charge in [-0.25, -0.2) is 0 Å². The van der Waals surface area contributed by atoms with Crippen molar-refractivity contribution in [1.29, 1.82) is 0 Å². The number of amides is 1. The van der Waals surface area contributed by atoms with Crippen molar-refractivity contribution in [2.24, 2.45) is 5.92 Å². The van der Waals surface area contributed by atoms with Crippen molar-refractivity contribution in [1.82, 2.24) is 9.47 Å². The number of aromatic hydroxyl groups is 1. The molecule has 0 saturated carbocycles. The van der Waals surface area contributed by atoms with Crippen LogP contribution in [0.25, 0.3) is 10.9 Å². The number of nitrogens with zero attached hydrogens (tertiary/aromatic N) is 2. The number of benzene rings is 1. The predicted molar refractivity (Wildman–Crippen MR) is 134 cm³/mol. The molecule has 2 aromatic heterocycles. The third kappa shape index (κ3) is 5.37. The number of morpholine rings is 1. The summed E-state index contributed by atoms with van der Waals surface area (Å²) in [6.07, 6.45) is -0.151. The van der Waals surface area contributed by atoms with Crippen LogP contribution in [0.4, 0.5) is 0 Å².